The quantitative estimate of drug-likeness (QED) is 0.507. The molecule has 4 heterocycles. The fourth-order valence-corrected chi connectivity index (χ4v) is 3.84. The van der Waals surface area contributed by atoms with Crippen molar-refractivity contribution in [3.8, 4) is 33.9 Å². The molecule has 1 aliphatic heterocycles. The first-order valence-corrected chi connectivity index (χ1v) is 10.3. The summed E-state index contributed by atoms with van der Waals surface area (Å²) in [6.45, 7) is 2.05. The molecule has 0 radical (unpaired) electrons. The maximum atomic E-state index is 6.15. The van der Waals surface area contributed by atoms with Gasteiger partial charge in [0, 0.05) is 34.1 Å². The van der Waals surface area contributed by atoms with Gasteiger partial charge in [-0.1, -0.05) is 11.6 Å². The number of pyridine rings is 1. The molecule has 5 rings (SSSR count). The summed E-state index contributed by atoms with van der Waals surface area (Å²) < 4.78 is 8.02. The first kappa shape index (κ1) is 18.8. The van der Waals surface area contributed by atoms with Crippen molar-refractivity contribution in [2.75, 3.05) is 18.8 Å². The fourth-order valence-electron chi connectivity index (χ4n) is 3.71. The Morgan fingerprint density at radius 1 is 1.00 bits per heavy atom. The van der Waals surface area contributed by atoms with E-state index in [4.69, 9.17) is 21.8 Å². The Hall–Kier alpha value is -3.16. The molecular formula is C22H21ClN6O. The molecule has 30 heavy (non-hydrogen) atoms. The summed E-state index contributed by atoms with van der Waals surface area (Å²) in [5.74, 6) is 1.46. The Balaban J connectivity index is 1.44. The number of oxazole rings is 1. The molecule has 0 saturated carbocycles. The minimum atomic E-state index is 0.392. The second-order valence-corrected chi connectivity index (χ2v) is 7.82. The molecule has 3 aromatic heterocycles. The second-order valence-electron chi connectivity index (χ2n) is 7.38. The van der Waals surface area contributed by atoms with Gasteiger partial charge in [0.2, 0.25) is 5.89 Å². The van der Waals surface area contributed by atoms with Crippen molar-refractivity contribution in [3.63, 3.8) is 0 Å². The third-order valence-corrected chi connectivity index (χ3v) is 5.65. The molecule has 0 spiro atoms. The van der Waals surface area contributed by atoms with Crippen LogP contribution in [0.3, 0.4) is 0 Å². The normalized spacial score (nSPS) is 14.8. The largest absolute Gasteiger partial charge is 0.436 e. The van der Waals surface area contributed by atoms with Crippen LogP contribution in [0, 0.1) is 0 Å². The SMILES string of the molecule is Nc1ncc(-c2cnn(C3CCNCC3)c2)cc1-c1cnc(-c2ccc(Cl)cc2)o1. The van der Waals surface area contributed by atoms with E-state index in [0.29, 0.717) is 34.1 Å². The fraction of sp³-hybridized carbons (Fsp3) is 0.227. The van der Waals surface area contributed by atoms with Crippen LogP contribution >= 0.6 is 11.6 Å². The number of nitrogen functional groups attached to an aromatic ring is 1. The zero-order valence-corrected chi connectivity index (χ0v) is 17.0. The number of aromatic nitrogens is 4. The standard InChI is InChI=1S/C22H21ClN6O/c23-17-3-1-14(2-4-17)22-27-12-20(30-22)19-9-15(10-26-21(19)24)16-11-28-29(13-16)18-5-7-25-8-6-18/h1-4,9-13,18,25H,5-8H2,(H2,24,26). The van der Waals surface area contributed by atoms with E-state index >= 15 is 0 Å². The van der Waals surface area contributed by atoms with Crippen LogP contribution in [0.4, 0.5) is 5.82 Å². The summed E-state index contributed by atoms with van der Waals surface area (Å²) >= 11 is 5.96. The smallest absolute Gasteiger partial charge is 0.226 e. The number of hydrogen-bond donors (Lipinski definition) is 2. The van der Waals surface area contributed by atoms with E-state index in [1.54, 1.807) is 24.5 Å². The molecule has 3 N–H and O–H groups in total. The lowest BCUT2D eigenvalue weighted by molar-refractivity contribution is 0.343. The maximum Gasteiger partial charge on any atom is 0.226 e. The van der Waals surface area contributed by atoms with Crippen molar-refractivity contribution in [1.29, 1.82) is 0 Å². The van der Waals surface area contributed by atoms with E-state index in [0.717, 1.165) is 42.6 Å². The predicted molar refractivity (Wildman–Crippen MR) is 117 cm³/mol. The van der Waals surface area contributed by atoms with Crippen LogP contribution in [0.5, 0.6) is 0 Å². The molecule has 152 valence electrons. The second kappa shape index (κ2) is 7.93. The van der Waals surface area contributed by atoms with E-state index in [9.17, 15) is 0 Å². The van der Waals surface area contributed by atoms with Crippen LogP contribution in [-0.2, 0) is 0 Å². The third-order valence-electron chi connectivity index (χ3n) is 5.40. The predicted octanol–water partition coefficient (Wildman–Crippen LogP) is 4.43. The number of halogens is 1. The van der Waals surface area contributed by atoms with Gasteiger partial charge in [0.1, 0.15) is 5.82 Å². The van der Waals surface area contributed by atoms with E-state index < -0.39 is 0 Å². The average Bonchev–Trinajstić information content (AvgIpc) is 3.46. The Morgan fingerprint density at radius 3 is 2.60 bits per heavy atom. The van der Waals surface area contributed by atoms with Gasteiger partial charge in [0.15, 0.2) is 5.76 Å². The lowest BCUT2D eigenvalue weighted by Gasteiger charge is -2.22. The Kier molecular flexibility index (Phi) is 4.98. The zero-order chi connectivity index (χ0) is 20.5. The molecule has 7 nitrogen and oxygen atoms in total. The lowest BCUT2D eigenvalue weighted by atomic mass is 10.1. The van der Waals surface area contributed by atoms with E-state index in [1.165, 1.54) is 0 Å². The van der Waals surface area contributed by atoms with Gasteiger partial charge in [-0.3, -0.25) is 4.68 Å². The topological polar surface area (TPSA) is 94.8 Å². The van der Waals surface area contributed by atoms with Crippen molar-refractivity contribution in [3.05, 3.63) is 60.1 Å². The van der Waals surface area contributed by atoms with E-state index in [1.807, 2.05) is 24.4 Å². The molecular weight excluding hydrogens is 400 g/mol. The van der Waals surface area contributed by atoms with Crippen LogP contribution in [0.2, 0.25) is 5.02 Å². The Morgan fingerprint density at radius 2 is 1.80 bits per heavy atom. The van der Waals surface area contributed by atoms with Crippen molar-refractivity contribution in [2.24, 2.45) is 0 Å². The van der Waals surface area contributed by atoms with Gasteiger partial charge >= 0.3 is 0 Å². The van der Waals surface area contributed by atoms with Gasteiger partial charge in [-0.15, -0.1) is 0 Å². The number of nitrogens with one attached hydrogen (secondary N) is 1. The van der Waals surface area contributed by atoms with Gasteiger partial charge in [-0.2, -0.15) is 5.10 Å². The summed E-state index contributed by atoms with van der Waals surface area (Å²) in [7, 11) is 0. The molecule has 0 bridgehead atoms. The first-order valence-electron chi connectivity index (χ1n) is 9.90. The van der Waals surface area contributed by atoms with Crippen molar-refractivity contribution >= 4 is 17.4 Å². The zero-order valence-electron chi connectivity index (χ0n) is 16.3. The summed E-state index contributed by atoms with van der Waals surface area (Å²) in [6.07, 6.45) is 9.54. The van der Waals surface area contributed by atoms with Gasteiger partial charge in [-0.05, 0) is 56.3 Å². The Labute approximate surface area is 178 Å². The molecule has 0 amide bonds. The lowest BCUT2D eigenvalue weighted by Crippen LogP contribution is -2.29. The minimum Gasteiger partial charge on any atom is -0.436 e. The summed E-state index contributed by atoms with van der Waals surface area (Å²) in [4.78, 5) is 8.76. The average molecular weight is 421 g/mol. The number of nitrogens with two attached hydrogens (primary N) is 1. The molecule has 0 atom stereocenters. The Bertz CT molecular complexity index is 1160. The minimum absolute atomic E-state index is 0.392. The van der Waals surface area contributed by atoms with E-state index in [2.05, 4.69) is 31.3 Å². The molecule has 4 aromatic rings. The highest BCUT2D eigenvalue weighted by Crippen LogP contribution is 2.33. The van der Waals surface area contributed by atoms with Gasteiger partial charge in [0.25, 0.3) is 0 Å². The highest BCUT2D eigenvalue weighted by atomic mass is 35.5. The number of piperidine rings is 1. The molecule has 1 saturated heterocycles. The van der Waals surface area contributed by atoms with Crippen LogP contribution < -0.4 is 11.1 Å². The van der Waals surface area contributed by atoms with E-state index in [-0.39, 0.29) is 0 Å². The number of rotatable bonds is 4. The van der Waals surface area contributed by atoms with Crippen molar-refractivity contribution in [2.45, 2.75) is 18.9 Å². The van der Waals surface area contributed by atoms with Crippen molar-refractivity contribution in [1.82, 2.24) is 25.1 Å². The molecule has 1 fully saturated rings. The van der Waals surface area contributed by atoms with Gasteiger partial charge in [-0.25, -0.2) is 9.97 Å². The summed E-state index contributed by atoms with van der Waals surface area (Å²) in [5, 5.41) is 8.62. The van der Waals surface area contributed by atoms with Gasteiger partial charge < -0.3 is 15.5 Å². The molecule has 8 heteroatoms. The molecule has 0 aliphatic carbocycles. The summed E-state index contributed by atoms with van der Waals surface area (Å²) in [6, 6.07) is 9.74. The maximum absolute atomic E-state index is 6.15. The first-order chi connectivity index (χ1) is 14.7. The highest BCUT2D eigenvalue weighted by Gasteiger charge is 2.17. The van der Waals surface area contributed by atoms with Crippen LogP contribution in [-0.4, -0.2) is 32.8 Å². The number of hydrogen-bond acceptors (Lipinski definition) is 6. The third kappa shape index (κ3) is 3.69. The molecule has 1 aromatic carbocycles. The summed E-state index contributed by atoms with van der Waals surface area (Å²) in [5.41, 5.74) is 9.63. The monoisotopic (exact) mass is 420 g/mol. The highest BCUT2D eigenvalue weighted by molar-refractivity contribution is 6.30. The van der Waals surface area contributed by atoms with Crippen molar-refractivity contribution < 1.29 is 4.42 Å². The number of anilines is 1. The van der Waals surface area contributed by atoms with Crippen LogP contribution in [0.15, 0.2) is 59.5 Å². The van der Waals surface area contributed by atoms with Gasteiger partial charge in [0.05, 0.1) is 24.0 Å². The van der Waals surface area contributed by atoms with Crippen LogP contribution in [0.25, 0.3) is 33.9 Å². The molecule has 0 unspecified atom stereocenters. The molecule has 1 aliphatic rings. The van der Waals surface area contributed by atoms with Crippen LogP contribution in [0.1, 0.15) is 18.9 Å². The number of benzene rings is 1. The number of nitrogens with zero attached hydrogens (tertiary/aromatic N) is 4.